The maximum absolute atomic E-state index is 12.1. The summed E-state index contributed by atoms with van der Waals surface area (Å²) in [4.78, 5) is 16.7. The fraction of sp³-hybridized carbons (Fsp3) is 0.562. The van der Waals surface area contributed by atoms with Gasteiger partial charge in [0.1, 0.15) is 18.1 Å². The Morgan fingerprint density at radius 3 is 2.18 bits per heavy atom. The fourth-order valence-electron chi connectivity index (χ4n) is 2.35. The van der Waals surface area contributed by atoms with Crippen molar-refractivity contribution in [3.8, 4) is 11.5 Å². The molecule has 0 radical (unpaired) electrons. The summed E-state index contributed by atoms with van der Waals surface area (Å²) in [5.41, 5.74) is 0.439. The Morgan fingerprint density at radius 2 is 1.64 bits per heavy atom. The number of carbonyl (C=O) groups excluding carboxylic acids is 1. The number of piperazine rings is 1. The van der Waals surface area contributed by atoms with Gasteiger partial charge in [0.15, 0.2) is 0 Å². The minimum absolute atomic E-state index is 0.355. The third-order valence-corrected chi connectivity index (χ3v) is 3.82. The molecule has 122 valence electrons. The molecule has 1 heterocycles. The molecule has 1 aliphatic rings. The second kappa shape index (κ2) is 8.00. The van der Waals surface area contributed by atoms with E-state index in [9.17, 15) is 4.79 Å². The molecule has 0 aromatic heterocycles. The van der Waals surface area contributed by atoms with Gasteiger partial charge in [0.2, 0.25) is 0 Å². The third-order valence-electron chi connectivity index (χ3n) is 3.82. The van der Waals surface area contributed by atoms with Crippen LogP contribution in [0, 0.1) is 0 Å². The van der Waals surface area contributed by atoms with Crippen molar-refractivity contribution in [2.45, 2.75) is 0 Å². The van der Waals surface area contributed by atoms with Crippen LogP contribution in [0.25, 0.3) is 0 Å². The van der Waals surface area contributed by atoms with Gasteiger partial charge in [-0.05, 0) is 19.2 Å². The van der Waals surface area contributed by atoms with Gasteiger partial charge in [-0.2, -0.15) is 0 Å². The maximum Gasteiger partial charge on any atom is 0.338 e. The summed E-state index contributed by atoms with van der Waals surface area (Å²) < 4.78 is 15.7. The Bertz CT molecular complexity index is 477. The molecule has 0 saturated carbocycles. The molecule has 22 heavy (non-hydrogen) atoms. The molecule has 6 heteroatoms. The highest BCUT2D eigenvalue weighted by Crippen LogP contribution is 2.22. The fourth-order valence-corrected chi connectivity index (χ4v) is 2.35. The quantitative estimate of drug-likeness (QED) is 0.734. The highest BCUT2D eigenvalue weighted by atomic mass is 16.5. The number of hydrogen-bond donors (Lipinski definition) is 0. The van der Waals surface area contributed by atoms with Crippen LogP contribution in [0.4, 0.5) is 0 Å². The van der Waals surface area contributed by atoms with E-state index in [1.807, 2.05) is 0 Å². The van der Waals surface area contributed by atoms with Crippen LogP contribution >= 0.6 is 0 Å². The van der Waals surface area contributed by atoms with Crippen LogP contribution in [0.15, 0.2) is 18.2 Å². The zero-order valence-corrected chi connectivity index (χ0v) is 13.5. The Labute approximate surface area is 131 Å². The molecule has 0 N–H and O–H groups in total. The van der Waals surface area contributed by atoms with Gasteiger partial charge in [-0.25, -0.2) is 4.79 Å². The summed E-state index contributed by atoms with van der Waals surface area (Å²) in [5, 5.41) is 0. The van der Waals surface area contributed by atoms with Gasteiger partial charge in [0, 0.05) is 38.8 Å². The molecule has 0 amide bonds. The summed E-state index contributed by atoms with van der Waals surface area (Å²) in [6, 6.07) is 5.03. The van der Waals surface area contributed by atoms with Crippen molar-refractivity contribution in [2.24, 2.45) is 0 Å². The van der Waals surface area contributed by atoms with Crippen LogP contribution in [0.3, 0.4) is 0 Å². The van der Waals surface area contributed by atoms with Gasteiger partial charge in [0.05, 0.1) is 19.8 Å². The van der Waals surface area contributed by atoms with E-state index < -0.39 is 0 Å². The average molecular weight is 308 g/mol. The predicted octanol–water partition coefficient (Wildman–Crippen LogP) is 1.11. The van der Waals surface area contributed by atoms with Gasteiger partial charge >= 0.3 is 5.97 Å². The van der Waals surface area contributed by atoms with E-state index in [4.69, 9.17) is 14.2 Å². The number of rotatable bonds is 6. The number of nitrogens with zero attached hydrogens (tertiary/aromatic N) is 2. The zero-order chi connectivity index (χ0) is 15.9. The van der Waals surface area contributed by atoms with Crippen LogP contribution < -0.4 is 9.47 Å². The lowest BCUT2D eigenvalue weighted by Crippen LogP contribution is -2.45. The highest BCUT2D eigenvalue weighted by molar-refractivity contribution is 5.90. The normalized spacial score (nSPS) is 16.3. The van der Waals surface area contributed by atoms with Crippen LogP contribution in [0.2, 0.25) is 0 Å². The number of benzene rings is 1. The van der Waals surface area contributed by atoms with Crippen molar-refractivity contribution in [2.75, 3.05) is 60.6 Å². The second-order valence-electron chi connectivity index (χ2n) is 5.38. The highest BCUT2D eigenvalue weighted by Gasteiger charge is 2.15. The second-order valence-corrected chi connectivity index (χ2v) is 5.38. The molecule has 6 nitrogen and oxygen atoms in total. The van der Waals surface area contributed by atoms with Crippen molar-refractivity contribution in [3.63, 3.8) is 0 Å². The first-order chi connectivity index (χ1) is 10.6. The summed E-state index contributed by atoms with van der Waals surface area (Å²) in [5.74, 6) is 0.794. The molecule has 1 saturated heterocycles. The summed E-state index contributed by atoms with van der Waals surface area (Å²) in [6.45, 7) is 5.30. The lowest BCUT2D eigenvalue weighted by molar-refractivity contribution is 0.0431. The number of hydrogen-bond acceptors (Lipinski definition) is 6. The third kappa shape index (κ3) is 4.61. The van der Waals surface area contributed by atoms with Gasteiger partial charge in [-0.1, -0.05) is 0 Å². The standard InChI is InChI=1S/C16H24N2O4/c1-17-4-6-18(7-5-17)8-9-22-16(19)13-10-14(20-2)12-15(11-13)21-3/h10-12H,4-9H2,1-3H3. The largest absolute Gasteiger partial charge is 0.497 e. The molecule has 0 bridgehead atoms. The number of likely N-dealkylation sites (N-methyl/N-ethyl adjacent to an activating group) is 1. The van der Waals surface area contributed by atoms with Crippen molar-refractivity contribution >= 4 is 5.97 Å². The first-order valence-corrected chi connectivity index (χ1v) is 7.43. The predicted molar refractivity (Wildman–Crippen MR) is 83.8 cm³/mol. The van der Waals surface area contributed by atoms with Crippen LogP contribution in [0.1, 0.15) is 10.4 Å². The lowest BCUT2D eigenvalue weighted by atomic mass is 10.2. The van der Waals surface area contributed by atoms with E-state index in [1.54, 1.807) is 32.4 Å². The number of carbonyl (C=O) groups is 1. The van der Waals surface area contributed by atoms with Gasteiger partial charge in [-0.15, -0.1) is 0 Å². The van der Waals surface area contributed by atoms with Crippen molar-refractivity contribution in [3.05, 3.63) is 23.8 Å². The van der Waals surface area contributed by atoms with Crippen molar-refractivity contribution in [1.82, 2.24) is 9.80 Å². The monoisotopic (exact) mass is 308 g/mol. The van der Waals surface area contributed by atoms with E-state index >= 15 is 0 Å². The molecule has 1 aromatic rings. The first-order valence-electron chi connectivity index (χ1n) is 7.43. The number of methoxy groups -OCH3 is 2. The molecule has 1 aliphatic heterocycles. The van der Waals surface area contributed by atoms with Crippen molar-refractivity contribution < 1.29 is 19.0 Å². The van der Waals surface area contributed by atoms with Crippen LogP contribution in [-0.2, 0) is 4.74 Å². The molecule has 1 fully saturated rings. The molecular weight excluding hydrogens is 284 g/mol. The molecule has 2 rings (SSSR count). The smallest absolute Gasteiger partial charge is 0.338 e. The molecule has 0 unspecified atom stereocenters. The summed E-state index contributed by atoms with van der Waals surface area (Å²) in [7, 11) is 5.22. The first kappa shape index (κ1) is 16.6. The molecule has 0 atom stereocenters. The van der Waals surface area contributed by atoms with Gasteiger partial charge in [-0.3, -0.25) is 4.90 Å². The Morgan fingerprint density at radius 1 is 1.05 bits per heavy atom. The van der Waals surface area contributed by atoms with Crippen LogP contribution in [-0.4, -0.2) is 76.4 Å². The van der Waals surface area contributed by atoms with E-state index in [0.717, 1.165) is 32.7 Å². The van der Waals surface area contributed by atoms with E-state index in [2.05, 4.69) is 16.8 Å². The van der Waals surface area contributed by atoms with Gasteiger partial charge in [0.25, 0.3) is 0 Å². The molecule has 0 spiro atoms. The number of ether oxygens (including phenoxy) is 3. The summed E-state index contributed by atoms with van der Waals surface area (Å²) >= 11 is 0. The SMILES string of the molecule is COc1cc(OC)cc(C(=O)OCCN2CCN(C)CC2)c1. The minimum Gasteiger partial charge on any atom is -0.497 e. The van der Waals surface area contributed by atoms with E-state index in [0.29, 0.717) is 23.7 Å². The lowest BCUT2D eigenvalue weighted by Gasteiger charge is -2.32. The molecule has 0 aliphatic carbocycles. The Hall–Kier alpha value is -1.79. The molecular formula is C16H24N2O4. The van der Waals surface area contributed by atoms with Gasteiger partial charge < -0.3 is 19.1 Å². The van der Waals surface area contributed by atoms with E-state index in [-0.39, 0.29) is 5.97 Å². The Kier molecular flexibility index (Phi) is 6.03. The topological polar surface area (TPSA) is 51.2 Å². The minimum atomic E-state index is -0.355. The zero-order valence-electron chi connectivity index (χ0n) is 13.5. The van der Waals surface area contributed by atoms with E-state index in [1.165, 1.54) is 0 Å². The molecule has 1 aromatic carbocycles. The Balaban J connectivity index is 1.84. The summed E-state index contributed by atoms with van der Waals surface area (Å²) in [6.07, 6.45) is 0. The van der Waals surface area contributed by atoms with Crippen molar-refractivity contribution in [1.29, 1.82) is 0 Å². The average Bonchev–Trinajstić information content (AvgIpc) is 2.56. The maximum atomic E-state index is 12.1. The number of esters is 1. The van der Waals surface area contributed by atoms with Crippen LogP contribution in [0.5, 0.6) is 11.5 Å².